The van der Waals surface area contributed by atoms with E-state index >= 15 is 0 Å². The molecule has 1 heterocycles. The van der Waals surface area contributed by atoms with Crippen molar-refractivity contribution < 1.29 is 14.3 Å². The van der Waals surface area contributed by atoms with Gasteiger partial charge in [-0.25, -0.2) is 4.98 Å². The van der Waals surface area contributed by atoms with Crippen LogP contribution in [0.4, 0.5) is 0 Å². The molecule has 0 spiro atoms. The molecule has 1 rings (SSSR count). The molecule has 0 fully saturated rings. The second kappa shape index (κ2) is 6.58. The summed E-state index contributed by atoms with van der Waals surface area (Å²) in [4.78, 5) is 28.8. The molecule has 0 aliphatic heterocycles. The summed E-state index contributed by atoms with van der Waals surface area (Å²) >= 11 is 0. The van der Waals surface area contributed by atoms with Crippen LogP contribution >= 0.6 is 0 Å². The lowest BCUT2D eigenvalue weighted by molar-refractivity contribution is -0.143. The lowest BCUT2D eigenvalue weighted by atomic mass is 10.3. The SMILES string of the molecule is C=CCN(CC(=O)OCC)C(=O)c1cncn1C. The highest BCUT2D eigenvalue weighted by atomic mass is 16.5. The topological polar surface area (TPSA) is 64.4 Å². The fourth-order valence-corrected chi connectivity index (χ4v) is 1.46. The average Bonchev–Trinajstić information content (AvgIpc) is 2.74. The summed E-state index contributed by atoms with van der Waals surface area (Å²) in [6.07, 6.45) is 4.56. The molecule has 0 saturated carbocycles. The number of esters is 1. The average molecular weight is 251 g/mol. The van der Waals surface area contributed by atoms with Crippen LogP contribution in [0.15, 0.2) is 25.2 Å². The van der Waals surface area contributed by atoms with Crippen LogP contribution in [0.2, 0.25) is 0 Å². The Hall–Kier alpha value is -2.11. The molecule has 0 saturated heterocycles. The zero-order chi connectivity index (χ0) is 13.5. The predicted octanol–water partition coefficient (Wildman–Crippen LogP) is 0.611. The van der Waals surface area contributed by atoms with Gasteiger partial charge in [0.05, 0.1) is 19.1 Å². The molecule has 98 valence electrons. The fraction of sp³-hybridized carbons (Fsp3) is 0.417. The summed E-state index contributed by atoms with van der Waals surface area (Å²) in [6.45, 7) is 5.77. The Bertz CT molecular complexity index is 440. The molecule has 0 unspecified atom stereocenters. The molecular formula is C12H17N3O3. The van der Waals surface area contributed by atoms with Gasteiger partial charge >= 0.3 is 5.97 Å². The summed E-state index contributed by atoms with van der Waals surface area (Å²) in [5.41, 5.74) is 0.418. The number of carbonyl (C=O) groups excluding carboxylic acids is 2. The van der Waals surface area contributed by atoms with Crippen molar-refractivity contribution in [2.45, 2.75) is 6.92 Å². The van der Waals surface area contributed by atoms with Gasteiger partial charge in [-0.2, -0.15) is 0 Å². The highest BCUT2D eigenvalue weighted by molar-refractivity contribution is 5.94. The molecule has 0 aliphatic rings. The van der Waals surface area contributed by atoms with Gasteiger partial charge in [-0.1, -0.05) is 6.08 Å². The molecule has 0 atom stereocenters. The summed E-state index contributed by atoms with van der Waals surface area (Å²) in [6, 6.07) is 0. The molecule has 0 radical (unpaired) electrons. The number of hydrogen-bond acceptors (Lipinski definition) is 4. The number of hydrogen-bond donors (Lipinski definition) is 0. The first-order valence-electron chi connectivity index (χ1n) is 5.62. The first-order valence-corrected chi connectivity index (χ1v) is 5.62. The van der Waals surface area contributed by atoms with E-state index < -0.39 is 5.97 Å². The molecule has 1 aromatic rings. The minimum atomic E-state index is -0.435. The third-order valence-electron chi connectivity index (χ3n) is 2.30. The highest BCUT2D eigenvalue weighted by Crippen LogP contribution is 2.04. The van der Waals surface area contributed by atoms with Crippen molar-refractivity contribution in [2.75, 3.05) is 19.7 Å². The van der Waals surface area contributed by atoms with Gasteiger partial charge in [0.1, 0.15) is 12.2 Å². The van der Waals surface area contributed by atoms with Gasteiger partial charge in [-0.05, 0) is 6.92 Å². The van der Waals surface area contributed by atoms with E-state index in [9.17, 15) is 9.59 Å². The lowest BCUT2D eigenvalue weighted by Gasteiger charge is -2.19. The largest absolute Gasteiger partial charge is 0.465 e. The Balaban J connectivity index is 2.78. The van der Waals surface area contributed by atoms with Gasteiger partial charge in [0.2, 0.25) is 0 Å². The molecule has 6 heteroatoms. The van der Waals surface area contributed by atoms with Crippen LogP contribution in [0.5, 0.6) is 0 Å². The number of ether oxygens (including phenoxy) is 1. The van der Waals surface area contributed by atoms with E-state index in [0.717, 1.165) is 0 Å². The summed E-state index contributed by atoms with van der Waals surface area (Å²) in [5, 5.41) is 0. The maximum atomic E-state index is 12.2. The molecule has 1 aromatic heterocycles. The molecule has 1 amide bonds. The van der Waals surface area contributed by atoms with E-state index in [-0.39, 0.29) is 19.0 Å². The molecule has 0 N–H and O–H groups in total. The number of carbonyl (C=O) groups is 2. The monoisotopic (exact) mass is 251 g/mol. The van der Waals surface area contributed by atoms with Crippen molar-refractivity contribution in [3.05, 3.63) is 30.9 Å². The van der Waals surface area contributed by atoms with Crippen LogP contribution in [0.3, 0.4) is 0 Å². The van der Waals surface area contributed by atoms with E-state index in [0.29, 0.717) is 12.3 Å². The van der Waals surface area contributed by atoms with Crippen molar-refractivity contribution in [1.82, 2.24) is 14.5 Å². The van der Waals surface area contributed by atoms with E-state index in [4.69, 9.17) is 4.74 Å². The Morgan fingerprint density at radius 3 is 2.83 bits per heavy atom. The number of aryl methyl sites for hydroxylation is 1. The second-order valence-corrected chi connectivity index (χ2v) is 3.67. The quantitative estimate of drug-likeness (QED) is 0.549. The Labute approximate surface area is 106 Å². The second-order valence-electron chi connectivity index (χ2n) is 3.67. The normalized spacial score (nSPS) is 9.89. The predicted molar refractivity (Wildman–Crippen MR) is 65.9 cm³/mol. The minimum absolute atomic E-state index is 0.0934. The van der Waals surface area contributed by atoms with E-state index in [2.05, 4.69) is 11.6 Å². The number of imidazole rings is 1. The van der Waals surface area contributed by atoms with Gasteiger partial charge in [0.15, 0.2) is 0 Å². The minimum Gasteiger partial charge on any atom is -0.465 e. The third kappa shape index (κ3) is 3.44. The van der Waals surface area contributed by atoms with Gasteiger partial charge < -0.3 is 14.2 Å². The number of amides is 1. The number of rotatable bonds is 6. The van der Waals surface area contributed by atoms with Crippen LogP contribution in [-0.4, -0.2) is 46.0 Å². The Morgan fingerprint density at radius 2 is 2.33 bits per heavy atom. The molecule has 6 nitrogen and oxygen atoms in total. The van der Waals surface area contributed by atoms with E-state index in [1.165, 1.54) is 17.4 Å². The zero-order valence-corrected chi connectivity index (χ0v) is 10.6. The summed E-state index contributed by atoms with van der Waals surface area (Å²) < 4.78 is 6.43. The van der Waals surface area contributed by atoms with E-state index in [1.54, 1.807) is 24.6 Å². The molecule has 0 aliphatic carbocycles. The van der Waals surface area contributed by atoms with Crippen LogP contribution in [0, 0.1) is 0 Å². The van der Waals surface area contributed by atoms with Crippen molar-refractivity contribution in [3.8, 4) is 0 Å². The number of nitrogens with zero attached hydrogens (tertiary/aromatic N) is 3. The summed E-state index contributed by atoms with van der Waals surface area (Å²) in [5.74, 6) is -0.710. The fourth-order valence-electron chi connectivity index (χ4n) is 1.46. The van der Waals surface area contributed by atoms with Gasteiger partial charge in [-0.3, -0.25) is 9.59 Å². The highest BCUT2D eigenvalue weighted by Gasteiger charge is 2.20. The smallest absolute Gasteiger partial charge is 0.325 e. The molecule has 18 heavy (non-hydrogen) atoms. The molecular weight excluding hydrogens is 234 g/mol. The van der Waals surface area contributed by atoms with Crippen LogP contribution in [0.25, 0.3) is 0 Å². The van der Waals surface area contributed by atoms with E-state index in [1.807, 2.05) is 0 Å². The van der Waals surface area contributed by atoms with Crippen molar-refractivity contribution in [2.24, 2.45) is 7.05 Å². The van der Waals surface area contributed by atoms with Crippen LogP contribution < -0.4 is 0 Å². The van der Waals surface area contributed by atoms with Crippen molar-refractivity contribution in [1.29, 1.82) is 0 Å². The Kier molecular flexibility index (Phi) is 5.10. The maximum Gasteiger partial charge on any atom is 0.325 e. The van der Waals surface area contributed by atoms with Crippen LogP contribution in [0.1, 0.15) is 17.4 Å². The first kappa shape index (κ1) is 14.0. The van der Waals surface area contributed by atoms with Crippen molar-refractivity contribution >= 4 is 11.9 Å². The molecule has 0 bridgehead atoms. The van der Waals surface area contributed by atoms with Gasteiger partial charge in [0.25, 0.3) is 5.91 Å². The van der Waals surface area contributed by atoms with Gasteiger partial charge in [0, 0.05) is 13.6 Å². The summed E-state index contributed by atoms with van der Waals surface area (Å²) in [7, 11) is 1.72. The van der Waals surface area contributed by atoms with Crippen molar-refractivity contribution in [3.63, 3.8) is 0 Å². The zero-order valence-electron chi connectivity index (χ0n) is 10.6. The third-order valence-corrected chi connectivity index (χ3v) is 2.30. The maximum absolute atomic E-state index is 12.2. The van der Waals surface area contributed by atoms with Crippen LogP contribution in [-0.2, 0) is 16.6 Å². The van der Waals surface area contributed by atoms with Gasteiger partial charge in [-0.15, -0.1) is 6.58 Å². The standard InChI is InChI=1S/C12H17N3O3/c1-4-6-15(8-11(16)18-5-2)12(17)10-7-13-9-14(10)3/h4,7,9H,1,5-6,8H2,2-3H3. The Morgan fingerprint density at radius 1 is 1.61 bits per heavy atom. The molecule has 0 aromatic carbocycles. The number of aromatic nitrogens is 2. The lowest BCUT2D eigenvalue weighted by Crippen LogP contribution is -2.37. The first-order chi connectivity index (χ1) is 8.60.